The van der Waals surface area contributed by atoms with Crippen molar-refractivity contribution in [3.8, 4) is 0 Å². The van der Waals surface area contributed by atoms with E-state index in [1.165, 1.54) is 0 Å². The molecule has 11 heavy (non-hydrogen) atoms. The second kappa shape index (κ2) is 4.62. The van der Waals surface area contributed by atoms with E-state index in [2.05, 4.69) is 0 Å². The summed E-state index contributed by atoms with van der Waals surface area (Å²) in [5, 5.41) is 16.9. The lowest BCUT2D eigenvalue weighted by Gasteiger charge is -2.20. The van der Waals surface area contributed by atoms with Crippen LogP contribution in [0.15, 0.2) is 0 Å². The van der Waals surface area contributed by atoms with Gasteiger partial charge in [0.2, 0.25) is 0 Å². The van der Waals surface area contributed by atoms with Crippen molar-refractivity contribution in [1.82, 2.24) is 0 Å². The molecule has 0 aliphatic carbocycles. The molecule has 0 aliphatic heterocycles. The number of halogens is 2. The summed E-state index contributed by atoms with van der Waals surface area (Å²) in [6.45, 7) is 0.915. The monoisotopic (exact) mass is 168 g/mol. The molecule has 1 unspecified atom stereocenters. The van der Waals surface area contributed by atoms with Gasteiger partial charge in [0.25, 0.3) is 5.92 Å². The van der Waals surface area contributed by atoms with Crippen LogP contribution in [0.4, 0.5) is 8.78 Å². The molecule has 0 aromatic carbocycles. The number of hydrogen-bond acceptors (Lipinski definition) is 2. The minimum absolute atomic E-state index is 0.356. The zero-order valence-corrected chi connectivity index (χ0v) is 6.56. The van der Waals surface area contributed by atoms with E-state index in [0.29, 0.717) is 12.8 Å². The quantitative estimate of drug-likeness (QED) is 0.646. The summed E-state index contributed by atoms with van der Waals surface area (Å²) in [5.41, 5.74) is 0. The van der Waals surface area contributed by atoms with Crippen LogP contribution in [0.2, 0.25) is 0 Å². The van der Waals surface area contributed by atoms with Crippen LogP contribution < -0.4 is 0 Å². The van der Waals surface area contributed by atoms with Gasteiger partial charge in [-0.2, -0.15) is 0 Å². The highest BCUT2D eigenvalue weighted by Gasteiger charge is 2.36. The van der Waals surface area contributed by atoms with Gasteiger partial charge in [0.05, 0.1) is 6.61 Å². The molecule has 0 saturated heterocycles. The highest BCUT2D eigenvalue weighted by atomic mass is 19.3. The number of aliphatic hydroxyl groups excluding tert-OH is 2. The smallest absolute Gasteiger partial charge is 0.275 e. The van der Waals surface area contributed by atoms with Crippen LogP contribution in [0.1, 0.15) is 26.2 Å². The summed E-state index contributed by atoms with van der Waals surface area (Å²) in [6, 6.07) is 0. The lowest BCUT2D eigenvalue weighted by molar-refractivity contribution is -0.130. The Balaban J connectivity index is 3.77. The highest BCUT2D eigenvalue weighted by molar-refractivity contribution is 4.74. The highest BCUT2D eigenvalue weighted by Crippen LogP contribution is 2.24. The third-order valence-electron chi connectivity index (χ3n) is 1.52. The lowest BCUT2D eigenvalue weighted by Crippen LogP contribution is -2.36. The van der Waals surface area contributed by atoms with Gasteiger partial charge in [-0.25, -0.2) is 8.78 Å². The summed E-state index contributed by atoms with van der Waals surface area (Å²) in [4.78, 5) is 0. The van der Waals surface area contributed by atoms with E-state index < -0.39 is 18.6 Å². The Morgan fingerprint density at radius 2 is 2.00 bits per heavy atom. The van der Waals surface area contributed by atoms with Gasteiger partial charge in [-0.15, -0.1) is 0 Å². The third-order valence-corrected chi connectivity index (χ3v) is 1.52. The second-order valence-electron chi connectivity index (χ2n) is 2.56. The van der Waals surface area contributed by atoms with Crippen molar-refractivity contribution in [2.75, 3.05) is 6.61 Å². The summed E-state index contributed by atoms with van der Waals surface area (Å²) >= 11 is 0. The molecule has 0 bridgehead atoms. The molecule has 4 heteroatoms. The molecule has 0 amide bonds. The number of rotatable bonds is 5. The Morgan fingerprint density at radius 3 is 2.36 bits per heavy atom. The van der Waals surface area contributed by atoms with Crippen LogP contribution in [0, 0.1) is 0 Å². The number of unbranched alkanes of at least 4 members (excludes halogenated alkanes) is 1. The molecule has 0 rings (SSSR count). The first kappa shape index (κ1) is 10.8. The molecule has 0 aromatic heterocycles. The van der Waals surface area contributed by atoms with Gasteiger partial charge < -0.3 is 10.2 Å². The van der Waals surface area contributed by atoms with Crippen molar-refractivity contribution >= 4 is 0 Å². The predicted octanol–water partition coefficient (Wildman–Crippen LogP) is 1.17. The topological polar surface area (TPSA) is 40.5 Å². The molecular weight excluding hydrogens is 154 g/mol. The SMILES string of the molecule is CCCCC(F)(F)C(O)CO. The molecule has 0 fully saturated rings. The normalized spacial score (nSPS) is 15.0. The predicted molar refractivity (Wildman–Crippen MR) is 37.6 cm³/mol. The first-order chi connectivity index (χ1) is 5.04. The fourth-order valence-electron chi connectivity index (χ4n) is 0.713. The average molecular weight is 168 g/mol. The summed E-state index contributed by atoms with van der Waals surface area (Å²) < 4.78 is 25.2. The van der Waals surface area contributed by atoms with Crippen LogP contribution in [0.3, 0.4) is 0 Å². The molecule has 0 heterocycles. The number of alkyl halides is 2. The molecular formula is C7H14F2O2. The number of hydrogen-bond donors (Lipinski definition) is 2. The van der Waals surface area contributed by atoms with Gasteiger partial charge in [0, 0.05) is 6.42 Å². The molecule has 0 aliphatic rings. The zero-order chi connectivity index (χ0) is 8.91. The van der Waals surface area contributed by atoms with Crippen molar-refractivity contribution < 1.29 is 19.0 Å². The maximum Gasteiger partial charge on any atom is 0.275 e. The van der Waals surface area contributed by atoms with Gasteiger partial charge >= 0.3 is 0 Å². The van der Waals surface area contributed by atoms with E-state index in [1.807, 2.05) is 0 Å². The third kappa shape index (κ3) is 3.62. The first-order valence-corrected chi connectivity index (χ1v) is 3.71. The van der Waals surface area contributed by atoms with Crippen LogP contribution in [-0.2, 0) is 0 Å². The number of aliphatic hydroxyl groups is 2. The van der Waals surface area contributed by atoms with Gasteiger partial charge in [-0.1, -0.05) is 13.3 Å². The van der Waals surface area contributed by atoms with Gasteiger partial charge in [-0.05, 0) is 6.42 Å². The van der Waals surface area contributed by atoms with E-state index in [1.54, 1.807) is 6.92 Å². The largest absolute Gasteiger partial charge is 0.393 e. The van der Waals surface area contributed by atoms with E-state index in [0.717, 1.165) is 0 Å². The van der Waals surface area contributed by atoms with E-state index >= 15 is 0 Å². The maximum atomic E-state index is 12.6. The van der Waals surface area contributed by atoms with Crippen molar-refractivity contribution in [2.45, 2.75) is 38.2 Å². The Bertz CT molecular complexity index is 107. The Kier molecular flexibility index (Phi) is 4.52. The fourth-order valence-corrected chi connectivity index (χ4v) is 0.713. The first-order valence-electron chi connectivity index (χ1n) is 3.71. The molecule has 0 aromatic rings. The molecule has 0 spiro atoms. The van der Waals surface area contributed by atoms with Crippen LogP contribution in [-0.4, -0.2) is 28.8 Å². The summed E-state index contributed by atoms with van der Waals surface area (Å²) in [7, 11) is 0. The van der Waals surface area contributed by atoms with Gasteiger partial charge in [0.15, 0.2) is 0 Å². The van der Waals surface area contributed by atoms with Crippen molar-refractivity contribution in [3.05, 3.63) is 0 Å². The van der Waals surface area contributed by atoms with Crippen LogP contribution in [0.5, 0.6) is 0 Å². The van der Waals surface area contributed by atoms with E-state index in [-0.39, 0.29) is 6.42 Å². The molecule has 1 atom stereocenters. The lowest BCUT2D eigenvalue weighted by atomic mass is 10.1. The summed E-state index contributed by atoms with van der Waals surface area (Å²) in [5.74, 6) is -3.13. The molecule has 2 N–H and O–H groups in total. The standard InChI is InChI=1S/C7H14F2O2/c1-2-3-4-7(8,9)6(11)5-10/h6,10-11H,2-5H2,1H3. The average Bonchev–Trinajstić information content (AvgIpc) is 1.99. The van der Waals surface area contributed by atoms with Crippen molar-refractivity contribution in [2.24, 2.45) is 0 Å². The molecule has 0 saturated carbocycles. The Labute approximate surface area is 64.8 Å². The van der Waals surface area contributed by atoms with Crippen molar-refractivity contribution in [1.29, 1.82) is 0 Å². The minimum Gasteiger partial charge on any atom is -0.393 e. The zero-order valence-electron chi connectivity index (χ0n) is 6.56. The maximum absolute atomic E-state index is 12.6. The Hall–Kier alpha value is -0.220. The van der Waals surface area contributed by atoms with Gasteiger partial charge in [-0.3, -0.25) is 0 Å². The molecule has 68 valence electrons. The summed E-state index contributed by atoms with van der Waals surface area (Å²) in [6.07, 6.45) is -1.24. The Morgan fingerprint density at radius 1 is 1.45 bits per heavy atom. The van der Waals surface area contributed by atoms with E-state index in [4.69, 9.17) is 10.2 Å². The molecule has 2 nitrogen and oxygen atoms in total. The molecule has 0 radical (unpaired) electrons. The van der Waals surface area contributed by atoms with E-state index in [9.17, 15) is 8.78 Å². The van der Waals surface area contributed by atoms with Crippen LogP contribution >= 0.6 is 0 Å². The van der Waals surface area contributed by atoms with Crippen molar-refractivity contribution in [3.63, 3.8) is 0 Å². The fraction of sp³-hybridized carbons (Fsp3) is 1.00. The second-order valence-corrected chi connectivity index (χ2v) is 2.56. The minimum atomic E-state index is -3.13. The van der Waals surface area contributed by atoms with Crippen LogP contribution in [0.25, 0.3) is 0 Å². The van der Waals surface area contributed by atoms with Gasteiger partial charge in [0.1, 0.15) is 6.10 Å².